The summed E-state index contributed by atoms with van der Waals surface area (Å²) in [5.41, 5.74) is 2.57. The minimum Gasteiger partial charge on any atom is -0.371 e. The molecule has 0 aliphatic carbocycles. The van der Waals surface area contributed by atoms with Gasteiger partial charge >= 0.3 is 0 Å². The van der Waals surface area contributed by atoms with E-state index in [2.05, 4.69) is 37.9 Å². The van der Waals surface area contributed by atoms with Crippen molar-refractivity contribution in [1.82, 2.24) is 5.32 Å². The Balaban J connectivity index is 2.26. The van der Waals surface area contributed by atoms with E-state index in [-0.39, 0.29) is 11.9 Å². The van der Waals surface area contributed by atoms with Crippen LogP contribution in [0.15, 0.2) is 18.2 Å². The predicted molar refractivity (Wildman–Crippen MR) is 83.6 cm³/mol. The van der Waals surface area contributed by atoms with E-state index in [4.69, 9.17) is 0 Å². The Labute approximate surface area is 122 Å². The Hall–Kier alpha value is -1.09. The van der Waals surface area contributed by atoms with Crippen LogP contribution in [-0.2, 0) is 0 Å². The first-order valence-corrected chi connectivity index (χ1v) is 7.54. The molecule has 1 saturated heterocycles. The lowest BCUT2D eigenvalue weighted by Crippen LogP contribution is -2.27. The molecule has 0 aromatic heterocycles. The Kier molecular flexibility index (Phi) is 4.38. The molecule has 0 radical (unpaired) electrons. The second-order valence-corrected chi connectivity index (χ2v) is 7.01. The first-order valence-electron chi connectivity index (χ1n) is 7.54. The molecule has 0 saturated carbocycles. The van der Waals surface area contributed by atoms with E-state index >= 15 is 0 Å². The maximum atomic E-state index is 13.6. The highest BCUT2D eigenvalue weighted by Gasteiger charge is 2.32. The molecule has 3 heteroatoms. The van der Waals surface area contributed by atoms with Gasteiger partial charge in [0, 0.05) is 24.8 Å². The van der Waals surface area contributed by atoms with Gasteiger partial charge in [0.25, 0.3) is 0 Å². The Morgan fingerprint density at radius 1 is 1.35 bits per heavy atom. The van der Waals surface area contributed by atoms with Gasteiger partial charge in [0.2, 0.25) is 0 Å². The van der Waals surface area contributed by atoms with E-state index in [1.807, 2.05) is 13.1 Å². The fraction of sp³-hybridized carbons (Fsp3) is 0.647. The van der Waals surface area contributed by atoms with Crippen molar-refractivity contribution in [2.24, 2.45) is 11.3 Å². The second kappa shape index (κ2) is 5.72. The number of hydrogen-bond donors (Lipinski definition) is 1. The molecule has 2 atom stereocenters. The lowest BCUT2D eigenvalue weighted by atomic mass is 9.80. The molecule has 0 amide bonds. The van der Waals surface area contributed by atoms with E-state index in [1.54, 1.807) is 12.1 Å². The van der Waals surface area contributed by atoms with Gasteiger partial charge in [0.05, 0.1) is 0 Å². The molecule has 2 unspecified atom stereocenters. The first kappa shape index (κ1) is 15.3. The Morgan fingerprint density at radius 3 is 2.60 bits per heavy atom. The fourth-order valence-electron chi connectivity index (χ4n) is 3.00. The summed E-state index contributed by atoms with van der Waals surface area (Å²) in [5, 5.41) is 3.22. The van der Waals surface area contributed by atoms with Crippen LogP contribution in [0.2, 0.25) is 0 Å². The van der Waals surface area contributed by atoms with E-state index < -0.39 is 0 Å². The van der Waals surface area contributed by atoms with Crippen molar-refractivity contribution in [3.63, 3.8) is 0 Å². The molecule has 2 rings (SSSR count). The molecule has 0 spiro atoms. The van der Waals surface area contributed by atoms with Crippen LogP contribution in [0.25, 0.3) is 0 Å². The summed E-state index contributed by atoms with van der Waals surface area (Å²) in [4.78, 5) is 2.42. The van der Waals surface area contributed by atoms with Gasteiger partial charge in [-0.2, -0.15) is 0 Å². The van der Waals surface area contributed by atoms with Gasteiger partial charge in [0.15, 0.2) is 0 Å². The smallest absolute Gasteiger partial charge is 0.123 e. The maximum absolute atomic E-state index is 13.6. The molecular weight excluding hydrogens is 251 g/mol. The van der Waals surface area contributed by atoms with Gasteiger partial charge in [-0.3, -0.25) is 0 Å². The van der Waals surface area contributed by atoms with Crippen LogP contribution >= 0.6 is 0 Å². The van der Waals surface area contributed by atoms with E-state index in [9.17, 15) is 4.39 Å². The number of rotatable bonds is 3. The van der Waals surface area contributed by atoms with Gasteiger partial charge < -0.3 is 10.2 Å². The summed E-state index contributed by atoms with van der Waals surface area (Å²) >= 11 is 0. The second-order valence-electron chi connectivity index (χ2n) is 7.01. The summed E-state index contributed by atoms with van der Waals surface area (Å²) in [6.45, 7) is 11.1. The third-order valence-corrected chi connectivity index (χ3v) is 4.64. The lowest BCUT2D eigenvalue weighted by molar-refractivity contribution is 0.263. The number of hydrogen-bond acceptors (Lipinski definition) is 2. The molecule has 2 nitrogen and oxygen atoms in total. The summed E-state index contributed by atoms with van der Waals surface area (Å²) in [7, 11) is 1.92. The van der Waals surface area contributed by atoms with Gasteiger partial charge in [-0.1, -0.05) is 20.8 Å². The van der Waals surface area contributed by atoms with Crippen LogP contribution < -0.4 is 10.2 Å². The van der Waals surface area contributed by atoms with Crippen LogP contribution in [0.4, 0.5) is 10.1 Å². The topological polar surface area (TPSA) is 15.3 Å². The number of anilines is 1. The van der Waals surface area contributed by atoms with Crippen molar-refractivity contribution in [3.05, 3.63) is 29.6 Å². The molecule has 1 heterocycles. The number of nitrogens with one attached hydrogen (secondary N) is 1. The van der Waals surface area contributed by atoms with Crippen molar-refractivity contribution in [2.75, 3.05) is 25.0 Å². The Morgan fingerprint density at radius 2 is 2.05 bits per heavy atom. The van der Waals surface area contributed by atoms with E-state index in [0.29, 0.717) is 11.3 Å². The van der Waals surface area contributed by atoms with Crippen LogP contribution in [0, 0.1) is 17.2 Å². The monoisotopic (exact) mass is 278 g/mol. The lowest BCUT2D eigenvalue weighted by Gasteiger charge is -2.29. The van der Waals surface area contributed by atoms with Crippen molar-refractivity contribution in [1.29, 1.82) is 0 Å². The molecule has 1 aliphatic heterocycles. The number of benzene rings is 1. The van der Waals surface area contributed by atoms with Gasteiger partial charge in [-0.15, -0.1) is 0 Å². The quantitative estimate of drug-likeness (QED) is 0.899. The largest absolute Gasteiger partial charge is 0.371 e. The molecule has 112 valence electrons. The standard InChI is InChI=1S/C17H27FN2/c1-12(19-5)15-10-14(18)6-7-16(15)20-9-8-13(11-20)17(2,3)4/h6-7,10,12-13,19H,8-9,11H2,1-5H3. The molecule has 1 N–H and O–H groups in total. The molecule has 0 bridgehead atoms. The SMILES string of the molecule is CNC(C)c1cc(F)ccc1N1CCC(C(C)(C)C)C1. The van der Waals surface area contributed by atoms with E-state index in [1.165, 1.54) is 12.1 Å². The summed E-state index contributed by atoms with van der Waals surface area (Å²) < 4.78 is 13.6. The molecule has 1 aliphatic rings. The fourth-order valence-corrected chi connectivity index (χ4v) is 3.00. The van der Waals surface area contributed by atoms with Crippen LogP contribution in [0.1, 0.15) is 45.7 Å². The molecule has 1 aromatic carbocycles. The summed E-state index contributed by atoms with van der Waals surface area (Å²) in [6, 6.07) is 5.34. The summed E-state index contributed by atoms with van der Waals surface area (Å²) in [5.74, 6) is 0.544. The third kappa shape index (κ3) is 3.14. The third-order valence-electron chi connectivity index (χ3n) is 4.64. The van der Waals surface area contributed by atoms with E-state index in [0.717, 1.165) is 18.7 Å². The zero-order chi connectivity index (χ0) is 14.9. The number of nitrogens with zero attached hydrogens (tertiary/aromatic N) is 1. The van der Waals surface area contributed by atoms with Crippen molar-refractivity contribution in [2.45, 2.75) is 40.2 Å². The minimum atomic E-state index is -0.155. The highest BCUT2D eigenvalue weighted by Crippen LogP contribution is 2.37. The maximum Gasteiger partial charge on any atom is 0.123 e. The molecule has 20 heavy (non-hydrogen) atoms. The molecule has 1 fully saturated rings. The predicted octanol–water partition coefficient (Wildman–Crippen LogP) is 3.98. The van der Waals surface area contributed by atoms with Crippen molar-refractivity contribution < 1.29 is 4.39 Å². The van der Waals surface area contributed by atoms with Crippen LogP contribution in [0.5, 0.6) is 0 Å². The van der Waals surface area contributed by atoms with Crippen molar-refractivity contribution in [3.8, 4) is 0 Å². The average Bonchev–Trinajstić information content (AvgIpc) is 2.87. The van der Waals surface area contributed by atoms with Crippen LogP contribution in [-0.4, -0.2) is 20.1 Å². The molecule has 1 aromatic rings. The minimum absolute atomic E-state index is 0.155. The average molecular weight is 278 g/mol. The summed E-state index contributed by atoms with van der Waals surface area (Å²) in [6.07, 6.45) is 1.22. The van der Waals surface area contributed by atoms with Gasteiger partial charge in [-0.25, -0.2) is 4.39 Å². The van der Waals surface area contributed by atoms with Crippen LogP contribution in [0.3, 0.4) is 0 Å². The zero-order valence-electron chi connectivity index (χ0n) is 13.3. The molecular formula is C17H27FN2. The highest BCUT2D eigenvalue weighted by molar-refractivity contribution is 5.56. The highest BCUT2D eigenvalue weighted by atomic mass is 19.1. The van der Waals surface area contributed by atoms with Crippen molar-refractivity contribution >= 4 is 5.69 Å². The van der Waals surface area contributed by atoms with Gasteiger partial charge in [0.1, 0.15) is 5.82 Å². The normalized spacial score (nSPS) is 21.3. The zero-order valence-corrected chi connectivity index (χ0v) is 13.3. The first-order chi connectivity index (χ1) is 9.32. The Bertz CT molecular complexity index is 465. The number of halogens is 1. The van der Waals surface area contributed by atoms with Gasteiger partial charge in [-0.05, 0) is 55.5 Å².